The van der Waals surface area contributed by atoms with Crippen molar-refractivity contribution in [1.82, 2.24) is 0 Å². The zero-order valence-corrected chi connectivity index (χ0v) is 8.41. The summed E-state index contributed by atoms with van der Waals surface area (Å²) >= 11 is 0. The summed E-state index contributed by atoms with van der Waals surface area (Å²) in [5, 5.41) is 0. The second kappa shape index (κ2) is 3.39. The number of benzene rings is 1. The molecule has 0 spiro atoms. The highest BCUT2D eigenvalue weighted by Gasteiger charge is 2.27. The van der Waals surface area contributed by atoms with Crippen molar-refractivity contribution in [3.8, 4) is 0 Å². The molecule has 1 nitrogen and oxygen atoms in total. The lowest BCUT2D eigenvalue weighted by Gasteiger charge is -2.27. The quantitative estimate of drug-likeness (QED) is 0.664. The van der Waals surface area contributed by atoms with Crippen LogP contribution in [0.1, 0.15) is 36.3 Å². The molecule has 0 radical (unpaired) electrons. The van der Waals surface area contributed by atoms with E-state index in [4.69, 9.17) is 4.74 Å². The molecule has 1 saturated heterocycles. The van der Waals surface area contributed by atoms with Crippen molar-refractivity contribution in [2.45, 2.75) is 37.7 Å². The van der Waals surface area contributed by atoms with Crippen molar-refractivity contribution in [3.05, 3.63) is 35.4 Å². The molecule has 2 aliphatic rings. The van der Waals surface area contributed by atoms with Crippen LogP contribution in [0.15, 0.2) is 24.3 Å². The lowest BCUT2D eigenvalue weighted by molar-refractivity contribution is 0.399. The number of ether oxygens (including phenoxy) is 1. The zero-order valence-electron chi connectivity index (χ0n) is 8.41. The summed E-state index contributed by atoms with van der Waals surface area (Å²) in [5.41, 5.74) is 3.12. The van der Waals surface area contributed by atoms with Crippen LogP contribution in [0.4, 0.5) is 0 Å². The molecule has 1 aromatic carbocycles. The minimum absolute atomic E-state index is 0.524. The van der Waals surface area contributed by atoms with Crippen LogP contribution in [0, 0.1) is 0 Å². The van der Waals surface area contributed by atoms with Gasteiger partial charge in [0.05, 0.1) is 12.7 Å². The zero-order chi connectivity index (χ0) is 9.38. The molecule has 1 heteroatoms. The molecule has 1 unspecified atom stereocenters. The fourth-order valence-corrected chi connectivity index (χ4v) is 2.27. The number of hydrogen-bond acceptors (Lipinski definition) is 1. The van der Waals surface area contributed by atoms with Gasteiger partial charge in [0.2, 0.25) is 0 Å². The molecule has 1 heterocycles. The van der Waals surface area contributed by atoms with Crippen molar-refractivity contribution in [3.63, 3.8) is 0 Å². The fourth-order valence-electron chi connectivity index (χ4n) is 2.27. The van der Waals surface area contributed by atoms with Crippen LogP contribution in [-0.4, -0.2) is 12.7 Å². The Morgan fingerprint density at radius 2 is 2.00 bits per heavy atom. The van der Waals surface area contributed by atoms with Gasteiger partial charge in [0.25, 0.3) is 0 Å². The standard InChI is InChI=1S/C13H16O/c1-2-7-13(10-5-3-6-10)11(4-1)8-12-9-14-12/h1-2,4,7,10,12H,3,5-6,8-9H2. The highest BCUT2D eigenvalue weighted by Crippen LogP contribution is 2.38. The molecule has 1 aliphatic heterocycles. The fraction of sp³-hybridized carbons (Fsp3) is 0.538. The summed E-state index contributed by atoms with van der Waals surface area (Å²) in [7, 11) is 0. The average Bonchev–Trinajstić information content (AvgIpc) is 2.89. The van der Waals surface area contributed by atoms with E-state index < -0.39 is 0 Å². The van der Waals surface area contributed by atoms with Gasteiger partial charge in [-0.3, -0.25) is 0 Å². The van der Waals surface area contributed by atoms with Gasteiger partial charge in [0.1, 0.15) is 0 Å². The van der Waals surface area contributed by atoms with E-state index in [1.165, 1.54) is 24.8 Å². The summed E-state index contributed by atoms with van der Waals surface area (Å²) in [6, 6.07) is 8.90. The lowest BCUT2D eigenvalue weighted by Crippen LogP contribution is -2.12. The topological polar surface area (TPSA) is 12.5 Å². The Morgan fingerprint density at radius 3 is 2.64 bits per heavy atom. The molecule has 1 saturated carbocycles. The third-order valence-corrected chi connectivity index (χ3v) is 3.45. The first-order valence-electron chi connectivity index (χ1n) is 5.63. The van der Waals surface area contributed by atoms with Gasteiger partial charge in [0, 0.05) is 6.42 Å². The summed E-state index contributed by atoms with van der Waals surface area (Å²) in [6.45, 7) is 0.971. The van der Waals surface area contributed by atoms with Gasteiger partial charge in [-0.25, -0.2) is 0 Å². The van der Waals surface area contributed by atoms with Crippen molar-refractivity contribution < 1.29 is 4.74 Å². The van der Waals surface area contributed by atoms with Crippen LogP contribution in [0.2, 0.25) is 0 Å². The predicted molar refractivity (Wildman–Crippen MR) is 56.5 cm³/mol. The molecule has 1 aromatic rings. The van der Waals surface area contributed by atoms with Crippen LogP contribution in [0.5, 0.6) is 0 Å². The van der Waals surface area contributed by atoms with Gasteiger partial charge in [-0.2, -0.15) is 0 Å². The van der Waals surface area contributed by atoms with Crippen molar-refractivity contribution in [2.75, 3.05) is 6.61 Å². The maximum absolute atomic E-state index is 5.30. The monoisotopic (exact) mass is 188 g/mol. The van der Waals surface area contributed by atoms with Gasteiger partial charge in [0.15, 0.2) is 0 Å². The SMILES string of the molecule is c1ccc(C2CCC2)c(CC2CO2)c1. The summed E-state index contributed by atoms with van der Waals surface area (Å²) in [6.07, 6.45) is 5.85. The van der Waals surface area contributed by atoms with Gasteiger partial charge in [-0.15, -0.1) is 0 Å². The lowest BCUT2D eigenvalue weighted by atomic mass is 9.77. The van der Waals surface area contributed by atoms with Crippen LogP contribution in [0.25, 0.3) is 0 Å². The Kier molecular flexibility index (Phi) is 2.06. The highest BCUT2D eigenvalue weighted by atomic mass is 16.6. The van der Waals surface area contributed by atoms with E-state index in [0.29, 0.717) is 6.10 Å². The first kappa shape index (κ1) is 8.49. The van der Waals surface area contributed by atoms with Crippen LogP contribution < -0.4 is 0 Å². The van der Waals surface area contributed by atoms with E-state index in [-0.39, 0.29) is 0 Å². The molecule has 74 valence electrons. The van der Waals surface area contributed by atoms with E-state index in [1.54, 1.807) is 5.56 Å². The summed E-state index contributed by atoms with van der Waals surface area (Å²) in [5.74, 6) is 0.852. The molecule has 0 amide bonds. The van der Waals surface area contributed by atoms with Crippen molar-refractivity contribution in [2.24, 2.45) is 0 Å². The summed E-state index contributed by atoms with van der Waals surface area (Å²) in [4.78, 5) is 0. The minimum atomic E-state index is 0.524. The summed E-state index contributed by atoms with van der Waals surface area (Å²) < 4.78 is 5.30. The van der Waals surface area contributed by atoms with Crippen LogP contribution >= 0.6 is 0 Å². The number of rotatable bonds is 3. The first-order chi connectivity index (χ1) is 6.93. The number of hydrogen-bond donors (Lipinski definition) is 0. The Hall–Kier alpha value is -0.820. The van der Waals surface area contributed by atoms with E-state index >= 15 is 0 Å². The van der Waals surface area contributed by atoms with E-state index in [1.807, 2.05) is 0 Å². The van der Waals surface area contributed by atoms with Gasteiger partial charge < -0.3 is 4.74 Å². The Balaban J connectivity index is 1.83. The molecular formula is C13H16O. The van der Waals surface area contributed by atoms with Gasteiger partial charge in [-0.05, 0) is 29.9 Å². The van der Waals surface area contributed by atoms with Crippen LogP contribution in [-0.2, 0) is 11.2 Å². The maximum Gasteiger partial charge on any atom is 0.0850 e. The normalized spacial score (nSPS) is 25.9. The third-order valence-electron chi connectivity index (χ3n) is 3.45. The molecule has 1 aliphatic carbocycles. The molecule has 0 bridgehead atoms. The van der Waals surface area contributed by atoms with Crippen molar-refractivity contribution in [1.29, 1.82) is 0 Å². The second-order valence-electron chi connectivity index (χ2n) is 4.49. The minimum Gasteiger partial charge on any atom is -0.373 e. The second-order valence-corrected chi connectivity index (χ2v) is 4.49. The maximum atomic E-state index is 5.30. The molecule has 1 atom stereocenters. The average molecular weight is 188 g/mol. The van der Waals surface area contributed by atoms with Crippen molar-refractivity contribution >= 4 is 0 Å². The first-order valence-corrected chi connectivity index (χ1v) is 5.63. The van der Waals surface area contributed by atoms with Gasteiger partial charge in [-0.1, -0.05) is 30.7 Å². The van der Waals surface area contributed by atoms with E-state index in [9.17, 15) is 0 Å². The third kappa shape index (κ3) is 1.57. The predicted octanol–water partition coefficient (Wildman–Crippen LogP) is 2.90. The van der Waals surface area contributed by atoms with Gasteiger partial charge >= 0.3 is 0 Å². The molecule has 2 fully saturated rings. The van der Waals surface area contributed by atoms with E-state index in [2.05, 4.69) is 24.3 Å². The molecule has 0 N–H and O–H groups in total. The molecule has 14 heavy (non-hydrogen) atoms. The Morgan fingerprint density at radius 1 is 1.21 bits per heavy atom. The number of epoxide rings is 1. The molecular weight excluding hydrogens is 172 g/mol. The highest BCUT2D eigenvalue weighted by molar-refractivity contribution is 5.32. The Labute approximate surface area is 85.1 Å². The smallest absolute Gasteiger partial charge is 0.0850 e. The van der Waals surface area contributed by atoms with Crippen LogP contribution in [0.3, 0.4) is 0 Å². The van der Waals surface area contributed by atoms with E-state index in [0.717, 1.165) is 18.9 Å². The molecule has 0 aromatic heterocycles. The molecule has 3 rings (SSSR count). The Bertz CT molecular complexity index is 324. The largest absolute Gasteiger partial charge is 0.373 e.